The number of hydrogen-bond donors (Lipinski definition) is 1. The molecule has 4 rings (SSSR count). The zero-order chi connectivity index (χ0) is 27.1. The van der Waals surface area contributed by atoms with Crippen LogP contribution in [-0.4, -0.2) is 65.6 Å². The molecular weight excluding hydrogens is 496 g/mol. The van der Waals surface area contributed by atoms with Crippen molar-refractivity contribution in [3.8, 4) is 5.75 Å². The molecule has 1 N–H and O–H groups in total. The van der Waals surface area contributed by atoms with Gasteiger partial charge in [-0.1, -0.05) is 31.5 Å². The van der Waals surface area contributed by atoms with E-state index in [0.29, 0.717) is 24.0 Å². The highest BCUT2D eigenvalue weighted by Gasteiger charge is 2.43. The summed E-state index contributed by atoms with van der Waals surface area (Å²) in [5, 5.41) is 3.41. The van der Waals surface area contributed by atoms with Crippen molar-refractivity contribution >= 4 is 40.5 Å². The Hall–Kier alpha value is -2.97. The molecular formula is C30H40N4O3S. The van der Waals surface area contributed by atoms with E-state index in [2.05, 4.69) is 24.1 Å². The molecule has 0 aliphatic carbocycles. The third-order valence-electron chi connectivity index (χ3n) is 7.35. The van der Waals surface area contributed by atoms with Crippen LogP contribution in [0.1, 0.15) is 51.5 Å². The maximum atomic E-state index is 13.6. The number of aryl methyl sites for hydroxylation is 1. The van der Waals surface area contributed by atoms with Crippen LogP contribution >= 0.6 is 12.2 Å². The predicted octanol–water partition coefficient (Wildman–Crippen LogP) is 5.24. The number of likely N-dealkylation sites (tertiary alicyclic amines) is 1. The molecule has 0 bridgehead atoms. The minimum absolute atomic E-state index is 0.0383. The van der Waals surface area contributed by atoms with E-state index in [0.717, 1.165) is 55.4 Å². The summed E-state index contributed by atoms with van der Waals surface area (Å²) in [7, 11) is 0. The average Bonchev–Trinajstić information content (AvgIpc) is 3.14. The Morgan fingerprint density at radius 1 is 1.05 bits per heavy atom. The molecule has 1 unspecified atom stereocenters. The van der Waals surface area contributed by atoms with Gasteiger partial charge in [-0.3, -0.25) is 14.5 Å². The molecule has 2 amide bonds. The van der Waals surface area contributed by atoms with Gasteiger partial charge in [0.15, 0.2) is 5.11 Å². The first-order chi connectivity index (χ1) is 18.4. The van der Waals surface area contributed by atoms with Crippen molar-refractivity contribution in [1.82, 2.24) is 9.80 Å². The predicted molar refractivity (Wildman–Crippen MR) is 157 cm³/mol. The fraction of sp³-hybridized carbons (Fsp3) is 0.500. The topological polar surface area (TPSA) is 65.1 Å². The second-order valence-corrected chi connectivity index (χ2v) is 10.9. The third-order valence-corrected chi connectivity index (χ3v) is 7.77. The van der Waals surface area contributed by atoms with Crippen LogP contribution in [0.2, 0.25) is 0 Å². The highest BCUT2D eigenvalue weighted by molar-refractivity contribution is 7.80. The van der Waals surface area contributed by atoms with E-state index in [-0.39, 0.29) is 18.2 Å². The van der Waals surface area contributed by atoms with Crippen molar-refractivity contribution in [2.75, 3.05) is 43.0 Å². The standard InChI is InChI=1S/C30H40N4O3S/c1-4-20-37-26-12-8-24(9-13-26)31-28(35)21-27-29(36)34(25-10-6-22(2)7-11-25)30(38)33(27)17-5-16-32-18-14-23(3)15-19-32/h6-13,23,27H,4-5,14-21H2,1-3H3,(H,31,35). The molecule has 0 saturated carbocycles. The van der Waals surface area contributed by atoms with Gasteiger partial charge >= 0.3 is 0 Å². The highest BCUT2D eigenvalue weighted by atomic mass is 32.1. The number of carbonyl (C=O) groups excluding carboxylic acids is 2. The van der Waals surface area contributed by atoms with Gasteiger partial charge in [-0.15, -0.1) is 0 Å². The van der Waals surface area contributed by atoms with Crippen LogP contribution in [0.3, 0.4) is 0 Å². The number of benzene rings is 2. The van der Waals surface area contributed by atoms with E-state index < -0.39 is 6.04 Å². The van der Waals surface area contributed by atoms with Gasteiger partial charge in [0.2, 0.25) is 5.91 Å². The van der Waals surface area contributed by atoms with Crippen LogP contribution in [0.4, 0.5) is 11.4 Å². The number of amides is 2. The highest BCUT2D eigenvalue weighted by Crippen LogP contribution is 2.28. The van der Waals surface area contributed by atoms with Crippen LogP contribution < -0.4 is 15.0 Å². The molecule has 0 spiro atoms. The van der Waals surface area contributed by atoms with E-state index in [1.54, 1.807) is 4.90 Å². The Morgan fingerprint density at radius 2 is 1.74 bits per heavy atom. The molecule has 1 atom stereocenters. The fourth-order valence-electron chi connectivity index (χ4n) is 5.01. The lowest BCUT2D eigenvalue weighted by atomic mass is 9.99. The van der Waals surface area contributed by atoms with Crippen molar-refractivity contribution in [3.05, 3.63) is 54.1 Å². The molecule has 2 heterocycles. The molecule has 2 aliphatic heterocycles. The molecule has 2 aliphatic rings. The second-order valence-electron chi connectivity index (χ2n) is 10.5. The zero-order valence-electron chi connectivity index (χ0n) is 22.8. The summed E-state index contributed by atoms with van der Waals surface area (Å²) in [5.41, 5.74) is 2.53. The molecule has 2 aromatic rings. The number of thiocarbonyl (C=S) groups is 1. The van der Waals surface area contributed by atoms with Gasteiger partial charge in [-0.2, -0.15) is 0 Å². The smallest absolute Gasteiger partial charge is 0.256 e. The lowest BCUT2D eigenvalue weighted by Crippen LogP contribution is -2.40. The molecule has 0 aromatic heterocycles. The maximum absolute atomic E-state index is 13.6. The van der Waals surface area contributed by atoms with E-state index in [9.17, 15) is 9.59 Å². The van der Waals surface area contributed by atoms with Crippen LogP contribution in [0, 0.1) is 12.8 Å². The number of ether oxygens (including phenoxy) is 1. The molecule has 2 fully saturated rings. The molecule has 2 saturated heterocycles. The molecule has 2 aromatic carbocycles. The first kappa shape index (κ1) is 28.0. The number of anilines is 2. The quantitative estimate of drug-likeness (QED) is 0.397. The van der Waals surface area contributed by atoms with E-state index in [1.165, 1.54) is 12.8 Å². The van der Waals surface area contributed by atoms with Crippen LogP contribution in [0.15, 0.2) is 48.5 Å². The number of rotatable bonds is 11. The van der Waals surface area contributed by atoms with Crippen molar-refractivity contribution in [3.63, 3.8) is 0 Å². The van der Waals surface area contributed by atoms with Crippen LogP contribution in [-0.2, 0) is 9.59 Å². The lowest BCUT2D eigenvalue weighted by Gasteiger charge is -2.31. The van der Waals surface area contributed by atoms with Crippen molar-refractivity contribution in [1.29, 1.82) is 0 Å². The van der Waals surface area contributed by atoms with Gasteiger partial charge in [0.05, 0.1) is 18.7 Å². The zero-order valence-corrected chi connectivity index (χ0v) is 23.6. The molecule has 204 valence electrons. The minimum atomic E-state index is -0.627. The van der Waals surface area contributed by atoms with Crippen LogP contribution in [0.25, 0.3) is 0 Å². The van der Waals surface area contributed by atoms with Gasteiger partial charge in [0, 0.05) is 12.2 Å². The fourth-order valence-corrected chi connectivity index (χ4v) is 5.43. The Balaban J connectivity index is 1.43. The number of nitrogens with zero attached hydrogens (tertiary/aromatic N) is 3. The van der Waals surface area contributed by atoms with E-state index >= 15 is 0 Å². The van der Waals surface area contributed by atoms with Gasteiger partial charge < -0.3 is 19.9 Å². The van der Waals surface area contributed by atoms with E-state index in [1.807, 2.05) is 60.4 Å². The summed E-state index contributed by atoms with van der Waals surface area (Å²) in [5.74, 6) is 1.20. The second kappa shape index (κ2) is 13.2. The first-order valence-electron chi connectivity index (χ1n) is 13.8. The monoisotopic (exact) mass is 536 g/mol. The van der Waals surface area contributed by atoms with Crippen LogP contribution in [0.5, 0.6) is 5.75 Å². The number of hydrogen-bond acceptors (Lipinski definition) is 5. The minimum Gasteiger partial charge on any atom is -0.494 e. The van der Waals surface area contributed by atoms with Crippen molar-refractivity contribution in [2.24, 2.45) is 5.92 Å². The number of carbonyl (C=O) groups is 2. The Morgan fingerprint density at radius 3 is 2.39 bits per heavy atom. The van der Waals surface area contributed by atoms with Gasteiger partial charge in [0.1, 0.15) is 11.8 Å². The summed E-state index contributed by atoms with van der Waals surface area (Å²) >= 11 is 5.82. The summed E-state index contributed by atoms with van der Waals surface area (Å²) in [6.45, 7) is 10.9. The van der Waals surface area contributed by atoms with Gasteiger partial charge in [-0.25, -0.2) is 0 Å². The summed E-state index contributed by atoms with van der Waals surface area (Å²) in [6.07, 6.45) is 4.33. The van der Waals surface area contributed by atoms with Crippen molar-refractivity contribution in [2.45, 2.75) is 58.9 Å². The summed E-state index contributed by atoms with van der Waals surface area (Å²) in [6, 6.07) is 14.5. The SMILES string of the molecule is CCCOc1ccc(NC(=O)CC2C(=O)N(c3ccc(C)cc3)C(=S)N2CCCN2CCC(C)CC2)cc1. The van der Waals surface area contributed by atoms with Crippen molar-refractivity contribution < 1.29 is 14.3 Å². The molecule has 0 radical (unpaired) electrons. The molecule has 7 nitrogen and oxygen atoms in total. The Kier molecular flexibility index (Phi) is 9.74. The number of nitrogens with one attached hydrogen (secondary N) is 1. The normalized spacial score (nSPS) is 18.8. The molecule has 38 heavy (non-hydrogen) atoms. The Bertz CT molecular complexity index is 1100. The molecule has 8 heteroatoms. The van der Waals surface area contributed by atoms with Gasteiger partial charge in [-0.05, 0) is 107 Å². The van der Waals surface area contributed by atoms with Gasteiger partial charge in [0.25, 0.3) is 5.91 Å². The third kappa shape index (κ3) is 7.11. The van der Waals surface area contributed by atoms with E-state index in [4.69, 9.17) is 17.0 Å². The average molecular weight is 537 g/mol. The first-order valence-corrected chi connectivity index (χ1v) is 14.2. The lowest BCUT2D eigenvalue weighted by molar-refractivity contribution is -0.124. The Labute approximate surface area is 232 Å². The largest absolute Gasteiger partial charge is 0.494 e. The number of piperidine rings is 1. The summed E-state index contributed by atoms with van der Waals surface area (Å²) in [4.78, 5) is 32.7. The summed E-state index contributed by atoms with van der Waals surface area (Å²) < 4.78 is 5.62. The maximum Gasteiger partial charge on any atom is 0.256 e.